The highest BCUT2D eigenvalue weighted by molar-refractivity contribution is 9.10. The highest BCUT2D eigenvalue weighted by atomic mass is 79.9. The van der Waals surface area contributed by atoms with E-state index in [1.54, 1.807) is 18.2 Å². The quantitative estimate of drug-likeness (QED) is 0.811. The zero-order valence-electron chi connectivity index (χ0n) is 11.6. The van der Waals surface area contributed by atoms with Crippen LogP contribution in [0, 0.1) is 13.8 Å². The average molecular weight is 371 g/mol. The molecule has 0 heterocycles. The molecule has 0 saturated heterocycles. The molecule has 0 radical (unpaired) electrons. The highest BCUT2D eigenvalue weighted by Crippen LogP contribution is 2.33. The van der Waals surface area contributed by atoms with Gasteiger partial charge in [0.05, 0.1) is 0 Å². The van der Waals surface area contributed by atoms with E-state index in [1.165, 1.54) is 12.1 Å². The van der Waals surface area contributed by atoms with Crippen molar-refractivity contribution in [1.29, 1.82) is 0 Å². The summed E-state index contributed by atoms with van der Waals surface area (Å²) in [4.78, 5) is -0.138. The molecule has 0 bridgehead atoms. The second-order valence-electron chi connectivity index (χ2n) is 4.72. The molecule has 4 N–H and O–H groups in total. The van der Waals surface area contributed by atoms with Crippen molar-refractivity contribution >= 4 is 31.6 Å². The van der Waals surface area contributed by atoms with E-state index in [0.717, 1.165) is 15.6 Å². The monoisotopic (exact) mass is 370 g/mol. The number of halogens is 1. The first kappa shape index (κ1) is 15.8. The topological polar surface area (TPSA) is 95.4 Å². The Balaban J connectivity index is 2.50. The molecule has 2 rings (SSSR count). The molecule has 7 heteroatoms. The molecule has 0 aliphatic heterocycles. The molecular weight excluding hydrogens is 356 g/mol. The molecule has 0 atom stereocenters. The normalized spacial score (nSPS) is 11.4. The van der Waals surface area contributed by atoms with Crippen LogP contribution in [0.4, 0.5) is 5.69 Å². The predicted octanol–water partition coefficient (Wildman–Crippen LogP) is 3.09. The first-order valence-electron chi connectivity index (χ1n) is 6.05. The standard InChI is InChI=1S/C14H15BrN2O3S/c1-8-5-11(6-9(2)14(8)15)20-12-4-3-10(16)7-13(12)21(17,18)19/h3-7H,16H2,1-2H3,(H2,17,18,19). The zero-order chi connectivity index (χ0) is 15.8. The van der Waals surface area contributed by atoms with Crippen LogP contribution >= 0.6 is 15.9 Å². The minimum atomic E-state index is -3.92. The van der Waals surface area contributed by atoms with Gasteiger partial charge in [-0.25, -0.2) is 13.6 Å². The Bertz CT molecular complexity index is 781. The minimum absolute atomic E-state index is 0.138. The molecule has 0 unspecified atom stereocenters. The maximum Gasteiger partial charge on any atom is 0.241 e. The number of aryl methyl sites for hydroxylation is 2. The number of ether oxygens (including phenoxy) is 1. The first-order valence-corrected chi connectivity index (χ1v) is 8.39. The summed E-state index contributed by atoms with van der Waals surface area (Å²) >= 11 is 3.47. The summed E-state index contributed by atoms with van der Waals surface area (Å²) in [5.74, 6) is 0.677. The Kier molecular flexibility index (Phi) is 4.27. The summed E-state index contributed by atoms with van der Waals surface area (Å²) in [6, 6.07) is 7.94. The molecule has 5 nitrogen and oxygen atoms in total. The van der Waals surface area contributed by atoms with Gasteiger partial charge in [0.2, 0.25) is 10.0 Å². The second kappa shape index (κ2) is 5.67. The fourth-order valence-electron chi connectivity index (χ4n) is 1.92. The van der Waals surface area contributed by atoms with E-state index >= 15 is 0 Å². The van der Waals surface area contributed by atoms with E-state index in [2.05, 4.69) is 15.9 Å². The Morgan fingerprint density at radius 1 is 1.10 bits per heavy atom. The molecule has 0 aromatic heterocycles. The number of benzene rings is 2. The van der Waals surface area contributed by atoms with Gasteiger partial charge in [0, 0.05) is 10.2 Å². The summed E-state index contributed by atoms with van der Waals surface area (Å²) in [5, 5.41) is 5.19. The van der Waals surface area contributed by atoms with Crippen LogP contribution in [0.1, 0.15) is 11.1 Å². The number of hydrogen-bond donors (Lipinski definition) is 2. The predicted molar refractivity (Wildman–Crippen MR) is 85.9 cm³/mol. The second-order valence-corrected chi connectivity index (χ2v) is 7.05. The van der Waals surface area contributed by atoms with Crippen LogP contribution < -0.4 is 15.6 Å². The molecule has 0 fully saturated rings. The molecule has 112 valence electrons. The Morgan fingerprint density at radius 3 is 2.19 bits per heavy atom. The number of hydrogen-bond acceptors (Lipinski definition) is 4. The van der Waals surface area contributed by atoms with Gasteiger partial charge >= 0.3 is 0 Å². The van der Waals surface area contributed by atoms with Crippen LogP contribution in [0.2, 0.25) is 0 Å². The molecule has 0 aliphatic carbocycles. The molecule has 2 aromatic rings. The molecule has 0 saturated carbocycles. The van der Waals surface area contributed by atoms with Crippen LogP contribution in [0.5, 0.6) is 11.5 Å². The lowest BCUT2D eigenvalue weighted by Crippen LogP contribution is -2.13. The van der Waals surface area contributed by atoms with E-state index in [0.29, 0.717) is 11.4 Å². The summed E-state index contributed by atoms with van der Waals surface area (Å²) < 4.78 is 29.9. The number of anilines is 1. The number of nitrogens with two attached hydrogens (primary N) is 2. The number of primary sulfonamides is 1. The SMILES string of the molecule is Cc1cc(Oc2ccc(N)cc2S(N)(=O)=O)cc(C)c1Br. The molecule has 0 spiro atoms. The summed E-state index contributed by atoms with van der Waals surface area (Å²) in [6.45, 7) is 3.85. The maximum atomic E-state index is 11.6. The fourth-order valence-corrected chi connectivity index (χ4v) is 2.84. The van der Waals surface area contributed by atoms with Crippen LogP contribution in [0.15, 0.2) is 39.7 Å². The zero-order valence-corrected chi connectivity index (χ0v) is 14.0. The first-order chi connectivity index (χ1) is 9.68. The number of nitrogen functional groups attached to an aromatic ring is 1. The third-order valence-electron chi connectivity index (χ3n) is 2.91. The van der Waals surface area contributed by atoms with Crippen molar-refractivity contribution in [3.63, 3.8) is 0 Å². The minimum Gasteiger partial charge on any atom is -0.456 e. The Morgan fingerprint density at radius 2 is 1.67 bits per heavy atom. The van der Waals surface area contributed by atoms with Gasteiger partial charge in [-0.3, -0.25) is 0 Å². The highest BCUT2D eigenvalue weighted by Gasteiger charge is 2.17. The number of sulfonamides is 1. The Hall–Kier alpha value is -1.57. The lowest BCUT2D eigenvalue weighted by atomic mass is 10.1. The Labute approximate surface area is 132 Å². The molecule has 2 aromatic carbocycles. The molecule has 0 amide bonds. The summed E-state index contributed by atoms with van der Waals surface area (Å²) in [5.41, 5.74) is 7.87. The van der Waals surface area contributed by atoms with Gasteiger partial charge in [0.25, 0.3) is 0 Å². The van der Waals surface area contributed by atoms with Gasteiger partial charge in [0.15, 0.2) is 0 Å². The van der Waals surface area contributed by atoms with Crippen LogP contribution in [0.3, 0.4) is 0 Å². The van der Waals surface area contributed by atoms with Crippen molar-refractivity contribution < 1.29 is 13.2 Å². The van der Waals surface area contributed by atoms with E-state index in [1.807, 2.05) is 13.8 Å². The van der Waals surface area contributed by atoms with Gasteiger partial charge in [0.1, 0.15) is 16.4 Å². The van der Waals surface area contributed by atoms with Crippen molar-refractivity contribution in [2.45, 2.75) is 18.7 Å². The van der Waals surface area contributed by atoms with E-state index in [9.17, 15) is 8.42 Å². The van der Waals surface area contributed by atoms with E-state index < -0.39 is 10.0 Å². The largest absolute Gasteiger partial charge is 0.456 e. The number of rotatable bonds is 3. The fraction of sp³-hybridized carbons (Fsp3) is 0.143. The van der Waals surface area contributed by atoms with Crippen molar-refractivity contribution in [2.75, 3.05) is 5.73 Å². The van der Waals surface area contributed by atoms with Gasteiger partial charge in [-0.2, -0.15) is 0 Å². The van der Waals surface area contributed by atoms with Crippen LogP contribution in [0.25, 0.3) is 0 Å². The van der Waals surface area contributed by atoms with Crippen molar-refractivity contribution in [2.24, 2.45) is 5.14 Å². The summed E-state index contributed by atoms with van der Waals surface area (Å²) in [6.07, 6.45) is 0. The maximum absolute atomic E-state index is 11.6. The van der Waals surface area contributed by atoms with Gasteiger partial charge < -0.3 is 10.5 Å². The molecule has 21 heavy (non-hydrogen) atoms. The van der Waals surface area contributed by atoms with Crippen molar-refractivity contribution in [3.8, 4) is 11.5 Å². The van der Waals surface area contributed by atoms with Crippen LogP contribution in [-0.2, 0) is 10.0 Å². The molecular formula is C14H15BrN2O3S. The average Bonchev–Trinajstić information content (AvgIpc) is 2.37. The van der Waals surface area contributed by atoms with Crippen molar-refractivity contribution in [3.05, 3.63) is 45.9 Å². The third-order valence-corrected chi connectivity index (χ3v) is 5.09. The van der Waals surface area contributed by atoms with E-state index in [4.69, 9.17) is 15.6 Å². The van der Waals surface area contributed by atoms with Crippen LogP contribution in [-0.4, -0.2) is 8.42 Å². The van der Waals surface area contributed by atoms with Gasteiger partial charge in [-0.1, -0.05) is 15.9 Å². The van der Waals surface area contributed by atoms with Gasteiger partial charge in [-0.05, 0) is 55.3 Å². The molecule has 0 aliphatic rings. The third kappa shape index (κ3) is 3.55. The lowest BCUT2D eigenvalue weighted by molar-refractivity contribution is 0.467. The smallest absolute Gasteiger partial charge is 0.241 e. The van der Waals surface area contributed by atoms with Gasteiger partial charge in [-0.15, -0.1) is 0 Å². The lowest BCUT2D eigenvalue weighted by Gasteiger charge is -2.12. The van der Waals surface area contributed by atoms with E-state index in [-0.39, 0.29) is 10.6 Å². The summed E-state index contributed by atoms with van der Waals surface area (Å²) in [7, 11) is -3.92. The van der Waals surface area contributed by atoms with Crippen molar-refractivity contribution in [1.82, 2.24) is 0 Å².